The Hall–Kier alpha value is -7.30. The van der Waals surface area contributed by atoms with Crippen molar-refractivity contribution in [3.8, 4) is 50.6 Å². The molecule has 4 heteroatoms. The van der Waals surface area contributed by atoms with Crippen LogP contribution < -0.4 is 0 Å². The van der Waals surface area contributed by atoms with Gasteiger partial charge in [-0.1, -0.05) is 146 Å². The van der Waals surface area contributed by atoms with Gasteiger partial charge in [0.05, 0.1) is 22.2 Å². The maximum Gasteiger partial charge on any atom is 0.235 e. The second-order valence-electron chi connectivity index (χ2n) is 13.8. The largest absolute Gasteiger partial charge is 0.456 e. The van der Waals surface area contributed by atoms with Crippen LogP contribution in [0.3, 0.4) is 0 Å². The minimum Gasteiger partial charge on any atom is -0.456 e. The maximum atomic E-state index is 6.07. The number of hydrogen-bond acceptors (Lipinski definition) is 3. The predicted molar refractivity (Wildman–Crippen MR) is 223 cm³/mol. The van der Waals surface area contributed by atoms with E-state index in [-0.39, 0.29) is 0 Å². The van der Waals surface area contributed by atoms with Crippen LogP contribution in [0.5, 0.6) is 0 Å². The van der Waals surface area contributed by atoms with Crippen LogP contribution in [0.25, 0.3) is 105 Å². The number of rotatable bonds is 5. The average molecular weight is 690 g/mol. The lowest BCUT2D eigenvalue weighted by Crippen LogP contribution is -2.03. The Morgan fingerprint density at radius 2 is 0.926 bits per heavy atom. The van der Waals surface area contributed by atoms with Crippen molar-refractivity contribution in [1.29, 1.82) is 0 Å². The van der Waals surface area contributed by atoms with Crippen LogP contribution in [0.2, 0.25) is 0 Å². The Balaban J connectivity index is 1.03. The van der Waals surface area contributed by atoms with Crippen molar-refractivity contribution in [2.45, 2.75) is 0 Å². The Labute approximate surface area is 311 Å². The summed E-state index contributed by atoms with van der Waals surface area (Å²) in [6.45, 7) is 0. The molecule has 4 nitrogen and oxygen atoms in total. The monoisotopic (exact) mass is 689 g/mol. The molecule has 0 N–H and O–H groups in total. The van der Waals surface area contributed by atoms with Gasteiger partial charge in [0.25, 0.3) is 0 Å². The van der Waals surface area contributed by atoms with E-state index in [0.29, 0.717) is 5.95 Å². The third-order valence-electron chi connectivity index (χ3n) is 10.7. The molecule has 252 valence electrons. The van der Waals surface area contributed by atoms with E-state index >= 15 is 0 Å². The van der Waals surface area contributed by atoms with Gasteiger partial charge in [-0.05, 0) is 75.8 Å². The number of para-hydroxylation sites is 3. The normalized spacial score (nSPS) is 11.7. The highest BCUT2D eigenvalue weighted by Crippen LogP contribution is 2.39. The summed E-state index contributed by atoms with van der Waals surface area (Å²) in [6.07, 6.45) is 0. The summed E-state index contributed by atoms with van der Waals surface area (Å²) in [4.78, 5) is 10.6. The van der Waals surface area contributed by atoms with Gasteiger partial charge in [-0.2, -0.15) is 0 Å². The van der Waals surface area contributed by atoms with E-state index in [1.807, 2.05) is 18.2 Å². The van der Waals surface area contributed by atoms with Crippen LogP contribution in [-0.2, 0) is 0 Å². The fourth-order valence-electron chi connectivity index (χ4n) is 8.06. The van der Waals surface area contributed by atoms with E-state index in [2.05, 4.69) is 174 Å². The zero-order chi connectivity index (χ0) is 35.6. The van der Waals surface area contributed by atoms with Gasteiger partial charge < -0.3 is 4.42 Å². The molecule has 0 aliphatic rings. The molecule has 3 aromatic heterocycles. The minimum absolute atomic E-state index is 0.650. The molecule has 0 bridgehead atoms. The van der Waals surface area contributed by atoms with Crippen LogP contribution >= 0.6 is 0 Å². The molecule has 0 saturated heterocycles. The lowest BCUT2D eigenvalue weighted by Gasteiger charge is -2.14. The SMILES string of the molecule is c1ccc(-c2ccccc2-c2nc(-n3c4ccccc4c4cc(-c5ccc(-c6ccc7oc8ccccc8c7c6)cc5)ccc43)nc3ccccc23)cc1. The number of aromatic nitrogens is 3. The zero-order valence-electron chi connectivity index (χ0n) is 29.1. The van der Waals surface area contributed by atoms with Crippen molar-refractivity contribution in [3.63, 3.8) is 0 Å². The van der Waals surface area contributed by atoms with Gasteiger partial charge in [-0.25, -0.2) is 9.97 Å². The Bertz CT molecular complexity index is 3210. The first-order valence-corrected chi connectivity index (χ1v) is 18.2. The molecule has 11 aromatic rings. The molecule has 54 heavy (non-hydrogen) atoms. The molecular weight excluding hydrogens is 659 g/mol. The lowest BCUT2D eigenvalue weighted by molar-refractivity contribution is 0.669. The summed E-state index contributed by atoms with van der Waals surface area (Å²) in [5.41, 5.74) is 13.8. The lowest BCUT2D eigenvalue weighted by atomic mass is 9.96. The highest BCUT2D eigenvalue weighted by atomic mass is 16.3. The summed E-state index contributed by atoms with van der Waals surface area (Å²) in [7, 11) is 0. The number of nitrogens with zero attached hydrogens (tertiary/aromatic N) is 3. The van der Waals surface area contributed by atoms with Crippen LogP contribution in [0, 0.1) is 0 Å². The second kappa shape index (κ2) is 12.1. The van der Waals surface area contributed by atoms with Gasteiger partial charge in [0, 0.05) is 32.5 Å². The molecule has 0 aliphatic heterocycles. The molecule has 0 atom stereocenters. The van der Waals surface area contributed by atoms with E-state index in [4.69, 9.17) is 14.4 Å². The summed E-state index contributed by atoms with van der Waals surface area (Å²) < 4.78 is 8.29. The fourth-order valence-corrected chi connectivity index (χ4v) is 8.06. The van der Waals surface area contributed by atoms with Crippen LogP contribution in [0.1, 0.15) is 0 Å². The molecule has 0 aliphatic carbocycles. The smallest absolute Gasteiger partial charge is 0.235 e. The van der Waals surface area contributed by atoms with Gasteiger partial charge in [0.15, 0.2) is 0 Å². The van der Waals surface area contributed by atoms with Crippen LogP contribution in [0.15, 0.2) is 192 Å². The van der Waals surface area contributed by atoms with Crippen LogP contribution in [-0.4, -0.2) is 14.5 Å². The molecule has 0 fully saturated rings. The first-order chi connectivity index (χ1) is 26.8. The van der Waals surface area contributed by atoms with Crippen molar-refractivity contribution in [1.82, 2.24) is 14.5 Å². The third kappa shape index (κ3) is 4.85. The summed E-state index contributed by atoms with van der Waals surface area (Å²) in [5, 5.41) is 5.62. The fraction of sp³-hybridized carbons (Fsp3) is 0. The number of fused-ring (bicyclic) bond motifs is 7. The number of benzene rings is 8. The Morgan fingerprint density at radius 3 is 1.74 bits per heavy atom. The highest BCUT2D eigenvalue weighted by molar-refractivity contribution is 6.11. The van der Waals surface area contributed by atoms with E-state index in [1.165, 1.54) is 11.1 Å². The van der Waals surface area contributed by atoms with Crippen LogP contribution in [0.4, 0.5) is 0 Å². The third-order valence-corrected chi connectivity index (χ3v) is 10.7. The zero-order valence-corrected chi connectivity index (χ0v) is 29.1. The first-order valence-electron chi connectivity index (χ1n) is 18.2. The van der Waals surface area contributed by atoms with Crippen molar-refractivity contribution >= 4 is 54.6 Å². The minimum atomic E-state index is 0.650. The van der Waals surface area contributed by atoms with E-state index in [1.54, 1.807) is 0 Å². The predicted octanol–water partition coefficient (Wildman–Crippen LogP) is 13.3. The molecule has 0 spiro atoms. The molecule has 11 rings (SSSR count). The molecule has 3 heterocycles. The van der Waals surface area contributed by atoms with Gasteiger partial charge in [0.1, 0.15) is 11.2 Å². The van der Waals surface area contributed by atoms with Gasteiger partial charge >= 0.3 is 0 Å². The molecule has 0 amide bonds. The van der Waals surface area contributed by atoms with Gasteiger partial charge in [-0.3, -0.25) is 4.57 Å². The topological polar surface area (TPSA) is 43.9 Å². The summed E-state index contributed by atoms with van der Waals surface area (Å²) in [5.74, 6) is 0.650. The maximum absolute atomic E-state index is 6.07. The van der Waals surface area contributed by atoms with E-state index < -0.39 is 0 Å². The Kier molecular flexibility index (Phi) is 6.82. The summed E-state index contributed by atoms with van der Waals surface area (Å²) >= 11 is 0. The van der Waals surface area contributed by atoms with Gasteiger partial charge in [-0.15, -0.1) is 0 Å². The molecular formula is C50H31N3O. The number of furan rings is 1. The first kappa shape index (κ1) is 30.3. The number of hydrogen-bond donors (Lipinski definition) is 0. The van der Waals surface area contributed by atoms with E-state index in [9.17, 15) is 0 Å². The Morgan fingerprint density at radius 1 is 0.352 bits per heavy atom. The molecule has 0 saturated carbocycles. The second-order valence-corrected chi connectivity index (χ2v) is 13.8. The molecule has 8 aromatic carbocycles. The standard InChI is InChI=1S/C50H31N3O/c1-2-12-34(13-3-1)37-14-4-5-17-40(37)49-41-18-6-9-19-44(41)51-50(52-49)53-45-20-10-7-15-38(45)42-30-35(26-28-46(42)53)32-22-24-33(25-23-32)36-27-29-48-43(31-36)39-16-8-11-21-47(39)54-48/h1-31H. The quantitative estimate of drug-likeness (QED) is 0.181. The van der Waals surface area contributed by atoms with Crippen molar-refractivity contribution in [2.24, 2.45) is 0 Å². The average Bonchev–Trinajstić information content (AvgIpc) is 3.79. The molecule has 0 unspecified atom stereocenters. The van der Waals surface area contributed by atoms with Crippen molar-refractivity contribution in [2.75, 3.05) is 0 Å². The highest BCUT2D eigenvalue weighted by Gasteiger charge is 2.19. The van der Waals surface area contributed by atoms with Gasteiger partial charge in [0.2, 0.25) is 5.95 Å². The van der Waals surface area contributed by atoms with E-state index in [0.717, 1.165) is 88.2 Å². The van der Waals surface area contributed by atoms with Crippen molar-refractivity contribution < 1.29 is 4.42 Å². The summed E-state index contributed by atoms with van der Waals surface area (Å²) in [6, 6.07) is 66.2. The van der Waals surface area contributed by atoms with Crippen molar-refractivity contribution in [3.05, 3.63) is 188 Å². The molecule has 0 radical (unpaired) electrons.